The van der Waals surface area contributed by atoms with Crippen LogP contribution in [0.4, 0.5) is 4.39 Å². The zero-order chi connectivity index (χ0) is 22.8. The standard InChI is InChI=1S/C25H26FN5O2/c26-20-7-4-18(5-8-20)17-30-23-16-19(24(32)27-12-15-29-13-2-1-3-14-29)6-9-21(23)31-22(25(30)33)10-11-28-31/h4-11,16H,1-3,12-15,17H2,(H,27,32). The van der Waals surface area contributed by atoms with E-state index in [9.17, 15) is 14.0 Å². The van der Waals surface area contributed by atoms with Crippen molar-refractivity contribution in [3.8, 4) is 0 Å². The van der Waals surface area contributed by atoms with E-state index in [0.29, 0.717) is 23.1 Å². The first kappa shape index (κ1) is 21.3. The highest BCUT2D eigenvalue weighted by atomic mass is 19.1. The molecule has 0 saturated carbocycles. The van der Waals surface area contributed by atoms with Gasteiger partial charge in [0.2, 0.25) is 0 Å². The topological polar surface area (TPSA) is 71.6 Å². The Hall–Kier alpha value is -3.52. The summed E-state index contributed by atoms with van der Waals surface area (Å²) in [5, 5.41) is 7.29. The highest BCUT2D eigenvalue weighted by Gasteiger charge is 2.15. The molecule has 1 saturated heterocycles. The number of hydrogen-bond acceptors (Lipinski definition) is 4. The molecular weight excluding hydrogens is 421 g/mol. The number of rotatable bonds is 6. The molecule has 0 aliphatic carbocycles. The zero-order valence-electron chi connectivity index (χ0n) is 18.3. The number of hydrogen-bond donors (Lipinski definition) is 1. The maximum Gasteiger partial charge on any atom is 0.277 e. The fourth-order valence-corrected chi connectivity index (χ4v) is 4.51. The Kier molecular flexibility index (Phi) is 5.92. The summed E-state index contributed by atoms with van der Waals surface area (Å²) in [6.07, 6.45) is 5.29. The number of benzene rings is 2. The number of aromatic nitrogens is 3. The Balaban J connectivity index is 1.46. The van der Waals surface area contributed by atoms with Gasteiger partial charge in [-0.3, -0.25) is 9.59 Å². The number of amides is 1. The van der Waals surface area contributed by atoms with Gasteiger partial charge in [-0.25, -0.2) is 8.91 Å². The van der Waals surface area contributed by atoms with Crippen molar-refractivity contribution >= 4 is 22.5 Å². The van der Waals surface area contributed by atoms with Crippen LogP contribution in [0.2, 0.25) is 0 Å². The minimum atomic E-state index is -0.328. The predicted molar refractivity (Wildman–Crippen MR) is 125 cm³/mol. The van der Waals surface area contributed by atoms with Gasteiger partial charge in [-0.05, 0) is 67.9 Å². The molecule has 7 nitrogen and oxygen atoms in total. The van der Waals surface area contributed by atoms with E-state index in [1.54, 1.807) is 45.6 Å². The van der Waals surface area contributed by atoms with Gasteiger partial charge in [-0.2, -0.15) is 5.10 Å². The summed E-state index contributed by atoms with van der Waals surface area (Å²) in [7, 11) is 0. The fourth-order valence-electron chi connectivity index (χ4n) is 4.51. The highest BCUT2D eigenvalue weighted by molar-refractivity contribution is 5.97. The van der Waals surface area contributed by atoms with Gasteiger partial charge in [-0.1, -0.05) is 18.6 Å². The van der Waals surface area contributed by atoms with E-state index in [4.69, 9.17) is 0 Å². The van der Waals surface area contributed by atoms with Gasteiger partial charge < -0.3 is 14.8 Å². The maximum absolute atomic E-state index is 13.4. The van der Waals surface area contributed by atoms with Crippen LogP contribution in [0.1, 0.15) is 35.2 Å². The largest absolute Gasteiger partial charge is 0.351 e. The monoisotopic (exact) mass is 447 g/mol. The molecule has 5 rings (SSSR count). The minimum Gasteiger partial charge on any atom is -0.351 e. The lowest BCUT2D eigenvalue weighted by atomic mass is 10.1. The number of nitrogens with zero attached hydrogens (tertiary/aromatic N) is 4. The Labute approximate surface area is 190 Å². The zero-order valence-corrected chi connectivity index (χ0v) is 18.3. The second-order valence-corrected chi connectivity index (χ2v) is 8.51. The van der Waals surface area contributed by atoms with Gasteiger partial charge >= 0.3 is 0 Å². The van der Waals surface area contributed by atoms with Crippen molar-refractivity contribution in [2.45, 2.75) is 25.8 Å². The van der Waals surface area contributed by atoms with Crippen LogP contribution in [0.15, 0.2) is 59.5 Å². The van der Waals surface area contributed by atoms with Crippen LogP contribution < -0.4 is 10.9 Å². The molecule has 8 heteroatoms. The molecule has 1 fully saturated rings. The lowest BCUT2D eigenvalue weighted by Gasteiger charge is -2.26. The highest BCUT2D eigenvalue weighted by Crippen LogP contribution is 2.18. The summed E-state index contributed by atoms with van der Waals surface area (Å²) < 4.78 is 16.6. The van der Waals surface area contributed by atoms with Crippen molar-refractivity contribution in [1.82, 2.24) is 24.4 Å². The van der Waals surface area contributed by atoms with E-state index < -0.39 is 0 Å². The number of nitrogens with one attached hydrogen (secondary N) is 1. The summed E-state index contributed by atoms with van der Waals surface area (Å²) >= 11 is 0. The first-order valence-electron chi connectivity index (χ1n) is 11.4. The Bertz CT molecular complexity index is 1350. The van der Waals surface area contributed by atoms with Gasteiger partial charge in [0.05, 0.1) is 23.8 Å². The second-order valence-electron chi connectivity index (χ2n) is 8.51. The Morgan fingerprint density at radius 3 is 2.55 bits per heavy atom. The van der Waals surface area contributed by atoms with Crippen LogP contribution in [0.3, 0.4) is 0 Å². The van der Waals surface area contributed by atoms with E-state index in [1.165, 1.54) is 31.4 Å². The van der Waals surface area contributed by atoms with Crippen molar-refractivity contribution in [3.05, 3.63) is 82.0 Å². The van der Waals surface area contributed by atoms with Crippen LogP contribution in [0.25, 0.3) is 16.6 Å². The Morgan fingerprint density at radius 2 is 1.76 bits per heavy atom. The molecule has 170 valence electrons. The summed E-state index contributed by atoms with van der Waals surface area (Å²) in [6, 6.07) is 13.0. The van der Waals surface area contributed by atoms with Crippen molar-refractivity contribution in [3.63, 3.8) is 0 Å². The van der Waals surface area contributed by atoms with Crippen molar-refractivity contribution in [1.29, 1.82) is 0 Å². The Morgan fingerprint density at radius 1 is 0.970 bits per heavy atom. The smallest absolute Gasteiger partial charge is 0.277 e. The number of carbonyl (C=O) groups excluding carboxylic acids is 1. The van der Waals surface area contributed by atoms with Crippen molar-refractivity contribution < 1.29 is 9.18 Å². The molecular formula is C25H26FN5O2. The molecule has 33 heavy (non-hydrogen) atoms. The fraction of sp³-hybridized carbons (Fsp3) is 0.320. The quantitative estimate of drug-likeness (QED) is 0.493. The molecule has 1 aliphatic heterocycles. The summed E-state index contributed by atoms with van der Waals surface area (Å²) in [5.41, 5.74) is 2.83. The van der Waals surface area contributed by atoms with Gasteiger partial charge in [-0.15, -0.1) is 0 Å². The predicted octanol–water partition coefficient (Wildman–Crippen LogP) is 3.05. The molecule has 2 aromatic heterocycles. The lowest BCUT2D eigenvalue weighted by molar-refractivity contribution is 0.0946. The first-order chi connectivity index (χ1) is 16.1. The third-order valence-corrected chi connectivity index (χ3v) is 6.28. The molecule has 0 unspecified atom stereocenters. The molecule has 0 radical (unpaired) electrons. The third-order valence-electron chi connectivity index (χ3n) is 6.28. The van der Waals surface area contributed by atoms with E-state index in [0.717, 1.165) is 30.7 Å². The van der Waals surface area contributed by atoms with E-state index in [1.807, 2.05) is 6.07 Å². The van der Waals surface area contributed by atoms with Crippen LogP contribution in [0.5, 0.6) is 0 Å². The molecule has 4 aromatic rings. The van der Waals surface area contributed by atoms with E-state index in [2.05, 4.69) is 15.3 Å². The maximum atomic E-state index is 13.4. The van der Waals surface area contributed by atoms with E-state index >= 15 is 0 Å². The van der Waals surface area contributed by atoms with Crippen molar-refractivity contribution in [2.24, 2.45) is 0 Å². The third kappa shape index (κ3) is 4.39. The molecule has 3 heterocycles. The van der Waals surface area contributed by atoms with Gasteiger partial charge in [0.1, 0.15) is 11.3 Å². The van der Waals surface area contributed by atoms with Crippen LogP contribution >= 0.6 is 0 Å². The average Bonchev–Trinajstić information content (AvgIpc) is 3.34. The molecule has 1 amide bonds. The summed E-state index contributed by atoms with van der Waals surface area (Å²) in [4.78, 5) is 28.5. The number of carbonyl (C=O) groups is 1. The number of halogens is 1. The second kappa shape index (κ2) is 9.15. The molecule has 1 aliphatic rings. The molecule has 0 spiro atoms. The van der Waals surface area contributed by atoms with Crippen LogP contribution in [0, 0.1) is 5.82 Å². The summed E-state index contributed by atoms with van der Waals surface area (Å²) in [5.74, 6) is -0.499. The minimum absolute atomic E-state index is 0.171. The van der Waals surface area contributed by atoms with Gasteiger partial charge in [0.25, 0.3) is 11.5 Å². The van der Waals surface area contributed by atoms with Crippen LogP contribution in [-0.2, 0) is 6.54 Å². The normalized spacial score (nSPS) is 14.7. The number of piperidine rings is 1. The van der Waals surface area contributed by atoms with Crippen LogP contribution in [-0.4, -0.2) is 51.2 Å². The van der Waals surface area contributed by atoms with Crippen molar-refractivity contribution in [2.75, 3.05) is 26.2 Å². The first-order valence-corrected chi connectivity index (χ1v) is 11.4. The van der Waals surface area contributed by atoms with E-state index in [-0.39, 0.29) is 23.8 Å². The summed E-state index contributed by atoms with van der Waals surface area (Å²) in [6.45, 7) is 3.85. The number of likely N-dealkylation sites (tertiary alicyclic amines) is 1. The van der Waals surface area contributed by atoms with Gasteiger partial charge in [0, 0.05) is 18.7 Å². The average molecular weight is 448 g/mol. The number of fused-ring (bicyclic) bond motifs is 3. The van der Waals surface area contributed by atoms with Gasteiger partial charge in [0.15, 0.2) is 0 Å². The molecule has 0 bridgehead atoms. The molecule has 1 N–H and O–H groups in total. The molecule has 0 atom stereocenters. The SMILES string of the molecule is O=C(NCCN1CCCCC1)c1ccc2c(c1)n(Cc1ccc(F)cc1)c(=O)c1ccnn12. The lowest BCUT2D eigenvalue weighted by Crippen LogP contribution is -2.37. The molecule has 2 aromatic carbocycles.